The lowest BCUT2D eigenvalue weighted by atomic mass is 10.0. The molecule has 20 heavy (non-hydrogen) atoms. The summed E-state index contributed by atoms with van der Waals surface area (Å²) in [6.07, 6.45) is 3.17. The van der Waals surface area contributed by atoms with Crippen LogP contribution in [0.4, 0.5) is 0 Å². The van der Waals surface area contributed by atoms with E-state index in [1.54, 1.807) is 13.0 Å². The van der Waals surface area contributed by atoms with Gasteiger partial charge >= 0.3 is 5.97 Å². The monoisotopic (exact) mass is 289 g/mol. The molecule has 1 aromatic heterocycles. The maximum absolute atomic E-state index is 11.4. The lowest BCUT2D eigenvalue weighted by Gasteiger charge is -2.07. The summed E-state index contributed by atoms with van der Waals surface area (Å²) in [6.45, 7) is 6.04. The van der Waals surface area contributed by atoms with Crippen molar-refractivity contribution in [1.29, 1.82) is 0 Å². The molecular formula is C16H16ClNO2. The molecular weight excluding hydrogens is 274 g/mol. The van der Waals surface area contributed by atoms with E-state index in [0.29, 0.717) is 11.6 Å². The average molecular weight is 290 g/mol. The number of hydrogen-bond acceptors (Lipinski definition) is 3. The highest BCUT2D eigenvalue weighted by Gasteiger charge is 2.06. The molecule has 0 aliphatic heterocycles. The van der Waals surface area contributed by atoms with Crippen molar-refractivity contribution in [3.63, 3.8) is 0 Å². The first-order valence-electron chi connectivity index (χ1n) is 6.43. The van der Waals surface area contributed by atoms with Crippen molar-refractivity contribution in [3.05, 3.63) is 46.1 Å². The second-order valence-corrected chi connectivity index (χ2v) is 4.99. The number of pyridine rings is 1. The Kier molecular flexibility index (Phi) is 4.40. The minimum atomic E-state index is -0.353. The van der Waals surface area contributed by atoms with Crippen molar-refractivity contribution in [1.82, 2.24) is 4.98 Å². The van der Waals surface area contributed by atoms with E-state index >= 15 is 0 Å². The molecule has 0 N–H and O–H groups in total. The van der Waals surface area contributed by atoms with E-state index in [1.165, 1.54) is 6.08 Å². The lowest BCUT2D eigenvalue weighted by Crippen LogP contribution is -1.99. The summed E-state index contributed by atoms with van der Waals surface area (Å²) in [5.74, 6) is -0.353. The first kappa shape index (κ1) is 14.5. The van der Waals surface area contributed by atoms with Gasteiger partial charge in [-0.1, -0.05) is 11.6 Å². The van der Waals surface area contributed by atoms with Crippen LogP contribution < -0.4 is 0 Å². The third kappa shape index (κ3) is 3.17. The zero-order chi connectivity index (χ0) is 14.7. The van der Waals surface area contributed by atoms with Crippen molar-refractivity contribution in [3.8, 4) is 0 Å². The zero-order valence-electron chi connectivity index (χ0n) is 11.7. The highest BCUT2D eigenvalue weighted by molar-refractivity contribution is 6.31. The summed E-state index contributed by atoms with van der Waals surface area (Å²) in [5.41, 5.74) is 3.72. The van der Waals surface area contributed by atoms with Crippen LogP contribution >= 0.6 is 11.6 Å². The fraction of sp³-hybridized carbons (Fsp3) is 0.250. The summed E-state index contributed by atoms with van der Waals surface area (Å²) in [5, 5.41) is 1.59. The van der Waals surface area contributed by atoms with E-state index in [9.17, 15) is 4.79 Å². The Morgan fingerprint density at radius 1 is 1.35 bits per heavy atom. The normalized spacial score (nSPS) is 11.2. The molecule has 0 bridgehead atoms. The van der Waals surface area contributed by atoms with Crippen LogP contribution in [0.15, 0.2) is 24.3 Å². The number of aromatic nitrogens is 1. The molecule has 0 unspecified atom stereocenters. The fourth-order valence-electron chi connectivity index (χ4n) is 2.10. The molecule has 4 heteroatoms. The molecule has 0 fully saturated rings. The van der Waals surface area contributed by atoms with E-state index in [0.717, 1.165) is 27.7 Å². The van der Waals surface area contributed by atoms with Gasteiger partial charge in [0.25, 0.3) is 0 Å². The van der Waals surface area contributed by atoms with Gasteiger partial charge in [0.1, 0.15) is 0 Å². The Morgan fingerprint density at radius 2 is 2.10 bits per heavy atom. The van der Waals surface area contributed by atoms with Crippen molar-refractivity contribution in [2.24, 2.45) is 0 Å². The molecule has 2 rings (SSSR count). The lowest BCUT2D eigenvalue weighted by molar-refractivity contribution is -0.137. The predicted octanol–water partition coefficient (Wildman–Crippen LogP) is 4.08. The Bertz CT molecular complexity index is 692. The number of fused-ring (bicyclic) bond motifs is 1. The van der Waals surface area contributed by atoms with Crippen molar-refractivity contribution >= 4 is 34.5 Å². The zero-order valence-corrected chi connectivity index (χ0v) is 12.5. The minimum Gasteiger partial charge on any atom is -0.463 e. The van der Waals surface area contributed by atoms with E-state index in [2.05, 4.69) is 4.98 Å². The van der Waals surface area contributed by atoms with Crippen molar-refractivity contribution in [2.75, 3.05) is 6.61 Å². The predicted molar refractivity (Wildman–Crippen MR) is 81.9 cm³/mol. The molecule has 0 atom stereocenters. The summed E-state index contributed by atoms with van der Waals surface area (Å²) < 4.78 is 4.89. The van der Waals surface area contributed by atoms with Crippen molar-refractivity contribution < 1.29 is 9.53 Å². The molecule has 0 amide bonds. The molecule has 3 nitrogen and oxygen atoms in total. The van der Waals surface area contributed by atoms with Crippen LogP contribution in [0.3, 0.4) is 0 Å². The fourth-order valence-corrected chi connectivity index (χ4v) is 2.37. The highest BCUT2D eigenvalue weighted by Crippen LogP contribution is 2.26. The van der Waals surface area contributed by atoms with Gasteiger partial charge in [0.05, 0.1) is 12.1 Å². The number of carbonyl (C=O) groups excluding carboxylic acids is 1. The number of hydrogen-bond donors (Lipinski definition) is 0. The van der Waals surface area contributed by atoms with Crippen LogP contribution in [0.1, 0.15) is 23.7 Å². The van der Waals surface area contributed by atoms with Crippen LogP contribution in [0.25, 0.3) is 17.0 Å². The van der Waals surface area contributed by atoms with Crippen molar-refractivity contribution in [2.45, 2.75) is 20.8 Å². The number of benzene rings is 1. The second-order valence-electron chi connectivity index (χ2n) is 4.56. The number of esters is 1. The summed E-state index contributed by atoms with van der Waals surface area (Å²) >= 11 is 6.10. The third-order valence-corrected chi connectivity index (χ3v) is 3.13. The molecule has 0 radical (unpaired) electrons. The molecule has 2 aromatic rings. The first-order valence-corrected chi connectivity index (χ1v) is 6.81. The van der Waals surface area contributed by atoms with Gasteiger partial charge in [0, 0.05) is 22.2 Å². The number of ether oxygens (including phenoxy) is 1. The van der Waals surface area contributed by atoms with E-state index < -0.39 is 0 Å². The number of rotatable bonds is 3. The number of carbonyl (C=O) groups is 1. The molecule has 0 saturated carbocycles. The first-order chi connectivity index (χ1) is 9.51. The van der Waals surface area contributed by atoms with Gasteiger partial charge < -0.3 is 4.74 Å². The minimum absolute atomic E-state index is 0.353. The van der Waals surface area contributed by atoms with Gasteiger partial charge in [-0.3, -0.25) is 4.98 Å². The highest BCUT2D eigenvalue weighted by atomic mass is 35.5. The SMILES string of the molecule is CCOC(=O)/C=C/c1cc(C)nc2c(C)cc(Cl)cc12. The van der Waals surface area contributed by atoms with Gasteiger partial charge in [-0.2, -0.15) is 0 Å². The molecule has 0 saturated heterocycles. The number of halogens is 1. The summed E-state index contributed by atoms with van der Waals surface area (Å²) in [7, 11) is 0. The Hall–Kier alpha value is -1.87. The van der Waals surface area contributed by atoms with E-state index in [1.807, 2.05) is 32.0 Å². The molecule has 0 aliphatic rings. The van der Waals surface area contributed by atoms with Crippen LogP contribution in [0, 0.1) is 13.8 Å². The molecule has 104 valence electrons. The Balaban J connectivity index is 2.55. The number of aryl methyl sites for hydroxylation is 2. The Morgan fingerprint density at radius 3 is 2.80 bits per heavy atom. The second kappa shape index (κ2) is 6.06. The molecule has 1 heterocycles. The van der Waals surface area contributed by atoms with Gasteiger partial charge in [0.2, 0.25) is 0 Å². The number of nitrogens with zero attached hydrogens (tertiary/aromatic N) is 1. The van der Waals surface area contributed by atoms with Crippen LogP contribution in [0.5, 0.6) is 0 Å². The van der Waals surface area contributed by atoms with Crippen LogP contribution in [-0.2, 0) is 9.53 Å². The molecule has 1 aromatic carbocycles. The molecule has 0 aliphatic carbocycles. The van der Waals surface area contributed by atoms with Gasteiger partial charge in [-0.05, 0) is 56.2 Å². The maximum atomic E-state index is 11.4. The van der Waals surface area contributed by atoms with Crippen LogP contribution in [0.2, 0.25) is 5.02 Å². The standard InChI is InChI=1S/C16H16ClNO2/c1-4-20-15(19)6-5-12-8-11(3)18-16-10(2)7-13(17)9-14(12)16/h5-9H,4H2,1-3H3/b6-5+. The summed E-state index contributed by atoms with van der Waals surface area (Å²) in [4.78, 5) is 16.0. The largest absolute Gasteiger partial charge is 0.463 e. The smallest absolute Gasteiger partial charge is 0.330 e. The van der Waals surface area contributed by atoms with E-state index in [-0.39, 0.29) is 5.97 Å². The van der Waals surface area contributed by atoms with Gasteiger partial charge in [-0.15, -0.1) is 0 Å². The topological polar surface area (TPSA) is 39.2 Å². The van der Waals surface area contributed by atoms with Crippen LogP contribution in [-0.4, -0.2) is 17.6 Å². The summed E-state index contributed by atoms with van der Waals surface area (Å²) in [6, 6.07) is 5.67. The quantitative estimate of drug-likeness (QED) is 0.631. The third-order valence-electron chi connectivity index (χ3n) is 2.91. The average Bonchev–Trinajstić information content (AvgIpc) is 2.37. The molecule has 0 spiro atoms. The maximum Gasteiger partial charge on any atom is 0.330 e. The Labute approximate surface area is 123 Å². The van der Waals surface area contributed by atoms with Gasteiger partial charge in [-0.25, -0.2) is 4.79 Å². The van der Waals surface area contributed by atoms with Gasteiger partial charge in [0.15, 0.2) is 0 Å². The van der Waals surface area contributed by atoms with E-state index in [4.69, 9.17) is 16.3 Å².